The van der Waals surface area contributed by atoms with Crippen LogP contribution in [0.4, 0.5) is 9.18 Å². The SMILES string of the molecule is O=C1N/C(=C/c2cc(Br)c(OCc3ccc4ccccc4c3)c(Br)c2)C(=O)N1Cc1ccccc1F. The van der Waals surface area contributed by atoms with E-state index < -0.39 is 17.8 Å². The van der Waals surface area contributed by atoms with E-state index in [0.29, 0.717) is 26.9 Å². The summed E-state index contributed by atoms with van der Waals surface area (Å²) in [4.78, 5) is 26.2. The lowest BCUT2D eigenvalue weighted by atomic mass is 10.1. The Morgan fingerprint density at radius 2 is 1.58 bits per heavy atom. The third kappa shape index (κ3) is 5.05. The molecule has 0 aromatic heterocycles. The molecular weight excluding hydrogens is 591 g/mol. The topological polar surface area (TPSA) is 58.6 Å². The number of nitrogens with zero attached hydrogens (tertiary/aromatic N) is 1. The number of nitrogens with one attached hydrogen (secondary N) is 1. The van der Waals surface area contributed by atoms with Crippen LogP contribution >= 0.6 is 31.9 Å². The van der Waals surface area contributed by atoms with Gasteiger partial charge in [0.05, 0.1) is 15.5 Å². The number of ether oxygens (including phenoxy) is 1. The fraction of sp³-hybridized carbons (Fsp3) is 0.0714. The minimum atomic E-state index is -0.594. The third-order valence-electron chi connectivity index (χ3n) is 5.78. The van der Waals surface area contributed by atoms with Crippen molar-refractivity contribution in [1.29, 1.82) is 0 Å². The molecule has 0 atom stereocenters. The molecule has 180 valence electrons. The highest BCUT2D eigenvalue weighted by Gasteiger charge is 2.34. The lowest BCUT2D eigenvalue weighted by Gasteiger charge is -2.13. The lowest BCUT2D eigenvalue weighted by molar-refractivity contribution is -0.123. The second-order valence-corrected chi connectivity index (χ2v) is 9.96. The molecule has 3 amide bonds. The highest BCUT2D eigenvalue weighted by molar-refractivity contribution is 9.11. The molecule has 5 nitrogen and oxygen atoms in total. The molecule has 5 rings (SSSR count). The van der Waals surface area contributed by atoms with Crippen molar-refractivity contribution in [3.8, 4) is 5.75 Å². The molecule has 0 radical (unpaired) electrons. The monoisotopic (exact) mass is 608 g/mol. The van der Waals surface area contributed by atoms with Gasteiger partial charge in [0, 0.05) is 5.56 Å². The molecule has 4 aromatic rings. The van der Waals surface area contributed by atoms with Crippen molar-refractivity contribution in [3.63, 3.8) is 0 Å². The number of urea groups is 1. The standard InChI is InChI=1S/C28H19Br2FN2O3/c29-22-12-18(14-25-27(34)33(28(35)32-25)15-21-7-3-4-8-24(21)31)13-23(30)26(22)36-16-17-9-10-19-5-1-2-6-20(19)11-17/h1-14H,15-16H2,(H,32,35)/b25-14+. The van der Waals surface area contributed by atoms with Crippen molar-refractivity contribution in [2.45, 2.75) is 13.2 Å². The lowest BCUT2D eigenvalue weighted by Crippen LogP contribution is -2.30. The summed E-state index contributed by atoms with van der Waals surface area (Å²) < 4.78 is 21.4. The van der Waals surface area contributed by atoms with Gasteiger partial charge < -0.3 is 10.1 Å². The summed E-state index contributed by atoms with van der Waals surface area (Å²) in [5, 5.41) is 4.88. The number of imide groups is 1. The van der Waals surface area contributed by atoms with Crippen LogP contribution in [0.15, 0.2) is 93.5 Å². The maximum atomic E-state index is 14.0. The van der Waals surface area contributed by atoms with Gasteiger partial charge in [-0.2, -0.15) is 0 Å². The molecule has 0 unspecified atom stereocenters. The van der Waals surface area contributed by atoms with E-state index in [2.05, 4.69) is 61.4 Å². The molecule has 4 aromatic carbocycles. The van der Waals surface area contributed by atoms with Gasteiger partial charge in [0.1, 0.15) is 23.9 Å². The van der Waals surface area contributed by atoms with Crippen LogP contribution in [0.2, 0.25) is 0 Å². The van der Waals surface area contributed by atoms with Crippen LogP contribution in [-0.4, -0.2) is 16.8 Å². The zero-order valence-corrected chi connectivity index (χ0v) is 22.0. The van der Waals surface area contributed by atoms with Crippen molar-refractivity contribution in [2.24, 2.45) is 0 Å². The average molecular weight is 610 g/mol. The summed E-state index contributed by atoms with van der Waals surface area (Å²) in [5.41, 5.74) is 2.08. The number of rotatable bonds is 6. The van der Waals surface area contributed by atoms with Crippen LogP contribution in [0, 0.1) is 5.82 Å². The Morgan fingerprint density at radius 1 is 0.889 bits per heavy atom. The number of carbonyl (C=O) groups excluding carboxylic acids is 2. The van der Waals surface area contributed by atoms with Crippen LogP contribution in [0.5, 0.6) is 5.75 Å². The highest BCUT2D eigenvalue weighted by Crippen LogP contribution is 2.36. The van der Waals surface area contributed by atoms with Crippen molar-refractivity contribution >= 4 is 60.6 Å². The summed E-state index contributed by atoms with van der Waals surface area (Å²) in [6.07, 6.45) is 1.57. The van der Waals surface area contributed by atoms with E-state index in [1.165, 1.54) is 11.5 Å². The normalized spacial score (nSPS) is 14.5. The number of hydrogen-bond donors (Lipinski definition) is 1. The number of benzene rings is 4. The Hall–Kier alpha value is -3.49. The molecule has 1 N–H and O–H groups in total. The van der Waals surface area contributed by atoms with Crippen LogP contribution in [0.3, 0.4) is 0 Å². The Morgan fingerprint density at radius 3 is 2.33 bits per heavy atom. The molecule has 0 bridgehead atoms. The summed E-state index contributed by atoms with van der Waals surface area (Å²) in [7, 11) is 0. The van der Waals surface area contributed by atoms with Gasteiger partial charge in [0.2, 0.25) is 0 Å². The van der Waals surface area contributed by atoms with Crippen molar-refractivity contribution < 1.29 is 18.7 Å². The fourth-order valence-electron chi connectivity index (χ4n) is 3.96. The zero-order chi connectivity index (χ0) is 25.2. The van der Waals surface area contributed by atoms with E-state index in [4.69, 9.17) is 4.74 Å². The Kier molecular flexibility index (Phi) is 6.89. The Labute approximate surface area is 223 Å². The van der Waals surface area contributed by atoms with Crippen LogP contribution in [0.25, 0.3) is 16.8 Å². The maximum Gasteiger partial charge on any atom is 0.329 e. The summed E-state index contributed by atoms with van der Waals surface area (Å²) in [5.74, 6) is -0.372. The van der Waals surface area contributed by atoms with Gasteiger partial charge in [0.15, 0.2) is 0 Å². The first kappa shape index (κ1) is 24.2. The first-order valence-electron chi connectivity index (χ1n) is 11.1. The number of fused-ring (bicyclic) bond motifs is 1. The second kappa shape index (κ2) is 10.2. The summed E-state index contributed by atoms with van der Waals surface area (Å²) in [6.45, 7) is 0.228. The number of halogens is 3. The van der Waals surface area contributed by atoms with Crippen molar-refractivity contribution in [2.75, 3.05) is 0 Å². The minimum absolute atomic E-state index is 0.111. The van der Waals surface area contributed by atoms with Crippen LogP contribution in [0.1, 0.15) is 16.7 Å². The molecule has 36 heavy (non-hydrogen) atoms. The molecule has 1 aliphatic rings. The van der Waals surface area contributed by atoms with E-state index in [9.17, 15) is 14.0 Å². The van der Waals surface area contributed by atoms with Crippen LogP contribution in [-0.2, 0) is 17.9 Å². The molecule has 0 aliphatic carbocycles. The van der Waals surface area contributed by atoms with Gasteiger partial charge >= 0.3 is 6.03 Å². The van der Waals surface area contributed by atoms with Gasteiger partial charge in [-0.25, -0.2) is 9.18 Å². The third-order valence-corrected chi connectivity index (χ3v) is 6.96. The van der Waals surface area contributed by atoms with Crippen molar-refractivity contribution in [3.05, 3.63) is 116 Å². The second-order valence-electron chi connectivity index (χ2n) is 8.25. The van der Waals surface area contributed by atoms with E-state index in [1.807, 2.05) is 18.2 Å². The molecule has 8 heteroatoms. The molecule has 1 saturated heterocycles. The van der Waals surface area contributed by atoms with E-state index >= 15 is 0 Å². The maximum absolute atomic E-state index is 14.0. The number of carbonyl (C=O) groups is 2. The molecule has 1 heterocycles. The van der Waals surface area contributed by atoms with E-state index in [0.717, 1.165) is 15.8 Å². The first-order valence-corrected chi connectivity index (χ1v) is 12.6. The first-order chi connectivity index (χ1) is 17.4. The predicted octanol–water partition coefficient (Wildman–Crippen LogP) is 7.18. The smallest absolute Gasteiger partial charge is 0.329 e. The largest absolute Gasteiger partial charge is 0.487 e. The number of hydrogen-bond acceptors (Lipinski definition) is 3. The predicted molar refractivity (Wildman–Crippen MR) is 144 cm³/mol. The molecule has 0 spiro atoms. The van der Waals surface area contributed by atoms with E-state index in [1.54, 1.807) is 36.4 Å². The molecule has 0 saturated carbocycles. The van der Waals surface area contributed by atoms with Gasteiger partial charge in [-0.15, -0.1) is 0 Å². The number of amides is 3. The fourth-order valence-corrected chi connectivity index (χ4v) is 5.41. The summed E-state index contributed by atoms with van der Waals surface area (Å²) in [6, 6.07) is 23.4. The van der Waals surface area contributed by atoms with Gasteiger partial charge in [0.25, 0.3) is 5.91 Å². The van der Waals surface area contributed by atoms with Crippen molar-refractivity contribution in [1.82, 2.24) is 10.2 Å². The quantitative estimate of drug-likeness (QED) is 0.186. The van der Waals surface area contributed by atoms with Gasteiger partial charge in [-0.05, 0) is 84.1 Å². The Bertz CT molecular complexity index is 1510. The van der Waals surface area contributed by atoms with E-state index in [-0.39, 0.29) is 17.8 Å². The van der Waals surface area contributed by atoms with Gasteiger partial charge in [-0.1, -0.05) is 54.6 Å². The average Bonchev–Trinajstić information content (AvgIpc) is 3.12. The zero-order valence-electron chi connectivity index (χ0n) is 18.8. The summed E-state index contributed by atoms with van der Waals surface area (Å²) >= 11 is 7.09. The van der Waals surface area contributed by atoms with Gasteiger partial charge in [-0.3, -0.25) is 9.69 Å². The highest BCUT2D eigenvalue weighted by atomic mass is 79.9. The molecular formula is C28H19Br2FN2O3. The molecule has 1 aliphatic heterocycles. The Balaban J connectivity index is 1.32. The van der Waals surface area contributed by atoms with Crippen LogP contribution < -0.4 is 10.1 Å². The minimum Gasteiger partial charge on any atom is -0.487 e. The molecule has 1 fully saturated rings.